The molecule has 0 aliphatic carbocycles. The Morgan fingerprint density at radius 2 is 1.65 bits per heavy atom. The van der Waals surface area contributed by atoms with Crippen LogP contribution in [-0.4, -0.2) is 22.9 Å². The minimum atomic E-state index is -0.926. The van der Waals surface area contributed by atoms with Gasteiger partial charge in [-0.15, -0.1) is 0 Å². The maximum atomic E-state index is 11.3. The minimum absolute atomic E-state index is 0.00291. The molecule has 0 saturated carbocycles. The fourth-order valence-corrected chi connectivity index (χ4v) is 3.14. The monoisotopic (exact) mass is 363 g/mol. The van der Waals surface area contributed by atoms with Crippen molar-refractivity contribution in [3.63, 3.8) is 0 Å². The molecule has 0 heterocycles. The van der Waals surface area contributed by atoms with Crippen LogP contribution >= 0.6 is 12.6 Å². The van der Waals surface area contributed by atoms with Gasteiger partial charge in [0.1, 0.15) is 0 Å². The van der Waals surface area contributed by atoms with Crippen LogP contribution < -0.4 is 5.73 Å². The summed E-state index contributed by atoms with van der Waals surface area (Å²) in [6, 6.07) is 23.4. The Bertz CT molecular complexity index is 909. The first-order valence-corrected chi connectivity index (χ1v) is 9.10. The van der Waals surface area contributed by atoms with E-state index in [0.717, 1.165) is 34.2 Å². The molecule has 3 rings (SSSR count). The second kappa shape index (κ2) is 8.21. The van der Waals surface area contributed by atoms with Gasteiger partial charge in [0.2, 0.25) is 0 Å². The zero-order valence-corrected chi connectivity index (χ0v) is 15.2. The van der Waals surface area contributed by atoms with E-state index in [1.807, 2.05) is 30.3 Å². The summed E-state index contributed by atoms with van der Waals surface area (Å²) in [7, 11) is 0. The third kappa shape index (κ3) is 4.15. The molecule has 0 fully saturated rings. The Morgan fingerprint density at radius 1 is 0.923 bits per heavy atom. The van der Waals surface area contributed by atoms with Crippen LogP contribution in [0.15, 0.2) is 72.8 Å². The highest BCUT2D eigenvalue weighted by molar-refractivity contribution is 7.80. The number of hydrogen-bond acceptors (Lipinski definition) is 3. The summed E-state index contributed by atoms with van der Waals surface area (Å²) in [5.74, 6) is -0.298. The predicted molar refractivity (Wildman–Crippen MR) is 110 cm³/mol. The third-order valence-electron chi connectivity index (χ3n) is 4.32. The summed E-state index contributed by atoms with van der Waals surface area (Å²) in [6.07, 6.45) is 0.749. The van der Waals surface area contributed by atoms with E-state index in [-0.39, 0.29) is 11.6 Å². The van der Waals surface area contributed by atoms with Gasteiger partial charge < -0.3 is 10.8 Å². The van der Waals surface area contributed by atoms with Crippen molar-refractivity contribution in [2.75, 3.05) is 5.75 Å². The van der Waals surface area contributed by atoms with Gasteiger partial charge in [0, 0.05) is 11.8 Å². The number of nitrogens with two attached hydrogens (primary N) is 1. The van der Waals surface area contributed by atoms with Crippen LogP contribution in [0.5, 0.6) is 0 Å². The molecule has 0 radical (unpaired) electrons. The number of benzene rings is 3. The maximum Gasteiger partial charge on any atom is 0.335 e. The summed E-state index contributed by atoms with van der Waals surface area (Å²) in [4.78, 5) is 11.3. The van der Waals surface area contributed by atoms with Crippen LogP contribution in [-0.2, 0) is 6.42 Å². The Morgan fingerprint density at radius 3 is 2.35 bits per heavy atom. The van der Waals surface area contributed by atoms with E-state index < -0.39 is 5.97 Å². The lowest BCUT2D eigenvalue weighted by atomic mass is 9.91. The van der Waals surface area contributed by atoms with Crippen molar-refractivity contribution in [2.24, 2.45) is 5.73 Å². The van der Waals surface area contributed by atoms with Gasteiger partial charge in [-0.05, 0) is 46.4 Å². The molecule has 0 bridgehead atoms. The molecule has 0 unspecified atom stereocenters. The van der Waals surface area contributed by atoms with Crippen molar-refractivity contribution >= 4 is 18.6 Å². The number of carboxylic acid groups (broad SMARTS) is 1. The second-order valence-corrected chi connectivity index (χ2v) is 6.64. The molecule has 132 valence electrons. The van der Waals surface area contributed by atoms with Crippen LogP contribution in [0.25, 0.3) is 22.3 Å². The third-order valence-corrected chi connectivity index (χ3v) is 4.79. The van der Waals surface area contributed by atoms with Crippen molar-refractivity contribution in [2.45, 2.75) is 12.5 Å². The summed E-state index contributed by atoms with van der Waals surface area (Å²) in [5, 5.41) is 9.29. The number of thiol groups is 1. The van der Waals surface area contributed by atoms with Crippen molar-refractivity contribution < 1.29 is 9.90 Å². The zero-order valence-electron chi connectivity index (χ0n) is 14.3. The number of rotatable bonds is 6. The number of aromatic carboxylic acids is 1. The van der Waals surface area contributed by atoms with Crippen molar-refractivity contribution in [3.8, 4) is 22.3 Å². The van der Waals surface area contributed by atoms with Gasteiger partial charge in [-0.25, -0.2) is 4.79 Å². The van der Waals surface area contributed by atoms with Crippen LogP contribution in [0.1, 0.15) is 15.9 Å². The molecule has 3 aromatic rings. The topological polar surface area (TPSA) is 63.3 Å². The standard InChI is InChI=1S/C22H21NO2S/c23-19(14-26)11-15-9-10-20(17-7-4-8-18(13-17)22(24)25)21(12-15)16-5-2-1-3-6-16/h1-10,12-13,19,26H,11,14,23H2,(H,24,25)/t19-/m1/s1. The lowest BCUT2D eigenvalue weighted by Crippen LogP contribution is -2.24. The Kier molecular flexibility index (Phi) is 5.76. The Hall–Kier alpha value is -2.56. The summed E-state index contributed by atoms with van der Waals surface area (Å²) in [6.45, 7) is 0. The van der Waals surface area contributed by atoms with Gasteiger partial charge in [-0.3, -0.25) is 0 Å². The first kappa shape index (κ1) is 18.2. The summed E-state index contributed by atoms with van der Waals surface area (Å²) < 4.78 is 0. The number of hydrogen-bond donors (Lipinski definition) is 3. The van der Waals surface area contributed by atoms with E-state index >= 15 is 0 Å². The first-order chi connectivity index (χ1) is 12.6. The smallest absolute Gasteiger partial charge is 0.335 e. The second-order valence-electron chi connectivity index (χ2n) is 6.28. The molecule has 3 aromatic carbocycles. The molecule has 0 aliphatic rings. The van der Waals surface area contributed by atoms with Gasteiger partial charge in [-0.1, -0.05) is 60.7 Å². The van der Waals surface area contributed by atoms with E-state index in [4.69, 9.17) is 5.73 Å². The van der Waals surface area contributed by atoms with E-state index in [2.05, 4.69) is 36.9 Å². The number of carboxylic acids is 1. The van der Waals surface area contributed by atoms with Gasteiger partial charge in [0.25, 0.3) is 0 Å². The van der Waals surface area contributed by atoms with E-state index in [1.165, 1.54) is 0 Å². The average Bonchev–Trinajstić information content (AvgIpc) is 2.68. The molecule has 0 aromatic heterocycles. The highest BCUT2D eigenvalue weighted by Crippen LogP contribution is 2.33. The van der Waals surface area contributed by atoms with E-state index in [9.17, 15) is 9.90 Å². The number of carbonyl (C=O) groups is 1. The SMILES string of the molecule is N[C@@H](CS)Cc1ccc(-c2cccc(C(=O)O)c2)c(-c2ccccc2)c1. The van der Waals surface area contributed by atoms with E-state index in [1.54, 1.807) is 18.2 Å². The predicted octanol–water partition coefficient (Wildman–Crippen LogP) is 4.52. The van der Waals surface area contributed by atoms with Gasteiger partial charge in [0.05, 0.1) is 5.56 Å². The molecule has 26 heavy (non-hydrogen) atoms. The molecular formula is C22H21NO2S. The lowest BCUT2D eigenvalue weighted by Gasteiger charge is -2.15. The fraction of sp³-hybridized carbons (Fsp3) is 0.136. The van der Waals surface area contributed by atoms with Crippen molar-refractivity contribution in [1.29, 1.82) is 0 Å². The molecule has 4 heteroatoms. The fourth-order valence-electron chi connectivity index (χ4n) is 3.01. The van der Waals surface area contributed by atoms with Crippen LogP contribution in [0.3, 0.4) is 0 Å². The average molecular weight is 363 g/mol. The quantitative estimate of drug-likeness (QED) is 0.564. The molecule has 0 spiro atoms. The van der Waals surface area contributed by atoms with Crippen LogP contribution in [0, 0.1) is 0 Å². The van der Waals surface area contributed by atoms with E-state index in [0.29, 0.717) is 5.75 Å². The molecule has 0 aliphatic heterocycles. The lowest BCUT2D eigenvalue weighted by molar-refractivity contribution is 0.0697. The van der Waals surface area contributed by atoms with Gasteiger partial charge in [-0.2, -0.15) is 12.6 Å². The van der Waals surface area contributed by atoms with Gasteiger partial charge in [0.15, 0.2) is 0 Å². The van der Waals surface area contributed by atoms with Crippen LogP contribution in [0.2, 0.25) is 0 Å². The molecular weight excluding hydrogens is 342 g/mol. The largest absolute Gasteiger partial charge is 0.478 e. The first-order valence-electron chi connectivity index (χ1n) is 8.47. The maximum absolute atomic E-state index is 11.3. The van der Waals surface area contributed by atoms with Gasteiger partial charge >= 0.3 is 5.97 Å². The molecule has 3 nitrogen and oxygen atoms in total. The normalized spacial score (nSPS) is 11.9. The van der Waals surface area contributed by atoms with Crippen molar-refractivity contribution in [3.05, 3.63) is 83.9 Å². The molecule has 0 saturated heterocycles. The Labute approximate surface area is 158 Å². The summed E-state index contributed by atoms with van der Waals surface area (Å²) >= 11 is 4.27. The molecule has 1 atom stereocenters. The molecule has 3 N–H and O–H groups in total. The highest BCUT2D eigenvalue weighted by atomic mass is 32.1. The molecule has 0 amide bonds. The summed E-state index contributed by atoms with van der Waals surface area (Å²) in [5.41, 5.74) is 11.5. The van der Waals surface area contributed by atoms with Crippen LogP contribution in [0.4, 0.5) is 0 Å². The minimum Gasteiger partial charge on any atom is -0.478 e. The van der Waals surface area contributed by atoms with Crippen molar-refractivity contribution in [1.82, 2.24) is 0 Å². The highest BCUT2D eigenvalue weighted by Gasteiger charge is 2.12. The zero-order chi connectivity index (χ0) is 18.5. The Balaban J connectivity index is 2.12.